The molecule has 0 spiro atoms. The molecule has 0 amide bonds. The molecular weight excluding hydrogens is 304 g/mol. The van der Waals surface area contributed by atoms with Gasteiger partial charge >= 0.3 is 0 Å². The summed E-state index contributed by atoms with van der Waals surface area (Å²) in [7, 11) is 0. The van der Waals surface area contributed by atoms with Gasteiger partial charge in [0.05, 0.1) is 17.8 Å². The predicted octanol–water partition coefficient (Wildman–Crippen LogP) is 2.53. The van der Waals surface area contributed by atoms with Crippen LogP contribution >= 0.6 is 0 Å². The Morgan fingerprint density at radius 3 is 2.75 bits per heavy atom. The highest BCUT2D eigenvalue weighted by Crippen LogP contribution is 2.33. The predicted molar refractivity (Wildman–Crippen MR) is 94.2 cm³/mol. The number of hydrogen-bond acceptors (Lipinski definition) is 6. The van der Waals surface area contributed by atoms with Crippen molar-refractivity contribution in [2.24, 2.45) is 0 Å². The number of rotatable bonds is 3. The normalized spacial score (nSPS) is 11.2. The molecule has 0 atom stereocenters. The van der Waals surface area contributed by atoms with Gasteiger partial charge in [-0.15, -0.1) is 0 Å². The lowest BCUT2D eigenvalue weighted by atomic mass is 10.1. The summed E-state index contributed by atoms with van der Waals surface area (Å²) in [6.07, 6.45) is 6.92. The van der Waals surface area contributed by atoms with Crippen LogP contribution in [0.2, 0.25) is 0 Å². The van der Waals surface area contributed by atoms with Gasteiger partial charge in [-0.3, -0.25) is 9.55 Å². The summed E-state index contributed by atoms with van der Waals surface area (Å²) in [5.74, 6) is 1.74. The maximum atomic E-state index is 6.13. The van der Waals surface area contributed by atoms with E-state index in [1.54, 1.807) is 23.3 Å². The second-order valence-electron chi connectivity index (χ2n) is 5.40. The fraction of sp³-hybridized carbons (Fsp3) is 0.118. The van der Waals surface area contributed by atoms with Crippen LogP contribution in [0.5, 0.6) is 5.75 Å². The van der Waals surface area contributed by atoms with Crippen LogP contribution in [-0.4, -0.2) is 26.1 Å². The molecule has 0 aliphatic carbocycles. The summed E-state index contributed by atoms with van der Waals surface area (Å²) in [6.45, 7) is 2.46. The van der Waals surface area contributed by atoms with Crippen LogP contribution in [-0.2, 0) is 0 Å². The minimum Gasteiger partial charge on any atom is -0.492 e. The van der Waals surface area contributed by atoms with E-state index in [9.17, 15) is 0 Å². The van der Waals surface area contributed by atoms with Crippen molar-refractivity contribution in [3.05, 3.63) is 43.1 Å². The molecule has 7 heteroatoms. The Morgan fingerprint density at radius 2 is 2.00 bits per heavy atom. The largest absolute Gasteiger partial charge is 0.492 e. The number of benzene rings is 1. The topological polar surface area (TPSA) is 105 Å². The van der Waals surface area contributed by atoms with Crippen LogP contribution in [0.15, 0.2) is 43.1 Å². The standard InChI is InChI=1S/C17H16N6O/c1-2-24-15-7-14-11(5-13(15)18)10-6-16(23-4-3-20-9-23)22-17(19)12(10)8-21-14/h3-9H,2,18H2,1H3,(H2,19,22). The van der Waals surface area contributed by atoms with Crippen molar-refractivity contribution in [2.75, 3.05) is 18.1 Å². The van der Waals surface area contributed by atoms with Crippen LogP contribution < -0.4 is 16.2 Å². The van der Waals surface area contributed by atoms with Crippen molar-refractivity contribution in [2.45, 2.75) is 6.92 Å². The Labute approximate surface area is 137 Å². The molecule has 4 rings (SSSR count). The second kappa shape index (κ2) is 5.38. The van der Waals surface area contributed by atoms with Crippen molar-refractivity contribution in [1.82, 2.24) is 19.5 Å². The average Bonchev–Trinajstić information content (AvgIpc) is 3.10. The van der Waals surface area contributed by atoms with E-state index in [4.69, 9.17) is 16.2 Å². The smallest absolute Gasteiger partial charge is 0.144 e. The molecule has 0 aliphatic heterocycles. The van der Waals surface area contributed by atoms with E-state index in [1.807, 2.05) is 31.3 Å². The van der Waals surface area contributed by atoms with E-state index in [-0.39, 0.29) is 0 Å². The monoisotopic (exact) mass is 320 g/mol. The second-order valence-corrected chi connectivity index (χ2v) is 5.40. The van der Waals surface area contributed by atoms with Crippen molar-refractivity contribution in [3.8, 4) is 11.6 Å². The molecular formula is C17H16N6O. The van der Waals surface area contributed by atoms with Gasteiger partial charge in [-0.25, -0.2) is 9.97 Å². The van der Waals surface area contributed by atoms with Gasteiger partial charge in [-0.05, 0) is 19.1 Å². The first-order valence-corrected chi connectivity index (χ1v) is 7.57. The summed E-state index contributed by atoms with van der Waals surface area (Å²) >= 11 is 0. The highest BCUT2D eigenvalue weighted by molar-refractivity contribution is 6.10. The number of imidazole rings is 1. The van der Waals surface area contributed by atoms with Gasteiger partial charge in [0.25, 0.3) is 0 Å². The Bertz CT molecular complexity index is 1040. The lowest BCUT2D eigenvalue weighted by Gasteiger charge is -2.12. The number of pyridine rings is 2. The summed E-state index contributed by atoms with van der Waals surface area (Å²) in [5.41, 5.74) is 13.6. The molecule has 4 aromatic rings. The maximum Gasteiger partial charge on any atom is 0.144 e. The molecule has 120 valence electrons. The number of ether oxygens (including phenoxy) is 1. The van der Waals surface area contributed by atoms with Crippen molar-refractivity contribution < 1.29 is 4.74 Å². The van der Waals surface area contributed by atoms with Crippen molar-refractivity contribution >= 4 is 33.2 Å². The Kier molecular flexibility index (Phi) is 3.19. The first kappa shape index (κ1) is 14.3. The van der Waals surface area contributed by atoms with E-state index in [0.717, 1.165) is 21.7 Å². The quantitative estimate of drug-likeness (QED) is 0.444. The van der Waals surface area contributed by atoms with Crippen LogP contribution in [0.25, 0.3) is 27.5 Å². The molecule has 3 aromatic heterocycles. The molecule has 0 saturated carbocycles. The van der Waals surface area contributed by atoms with Crippen LogP contribution in [0.4, 0.5) is 11.5 Å². The van der Waals surface area contributed by atoms with E-state index >= 15 is 0 Å². The van der Waals surface area contributed by atoms with Gasteiger partial charge in [-0.1, -0.05) is 0 Å². The molecule has 1 aromatic carbocycles. The van der Waals surface area contributed by atoms with Gasteiger partial charge in [0.15, 0.2) is 0 Å². The van der Waals surface area contributed by atoms with E-state index in [1.165, 1.54) is 0 Å². The fourth-order valence-electron chi connectivity index (χ4n) is 2.77. The van der Waals surface area contributed by atoms with Crippen molar-refractivity contribution in [1.29, 1.82) is 0 Å². The van der Waals surface area contributed by atoms with Crippen LogP contribution in [0.1, 0.15) is 6.92 Å². The fourth-order valence-corrected chi connectivity index (χ4v) is 2.77. The summed E-state index contributed by atoms with van der Waals surface area (Å²) in [4.78, 5) is 12.9. The first-order valence-electron chi connectivity index (χ1n) is 7.57. The van der Waals surface area contributed by atoms with E-state index in [2.05, 4.69) is 15.0 Å². The lowest BCUT2D eigenvalue weighted by molar-refractivity contribution is 0.342. The summed E-state index contributed by atoms with van der Waals surface area (Å²) in [5, 5.41) is 2.63. The van der Waals surface area contributed by atoms with E-state index in [0.29, 0.717) is 29.7 Å². The molecule has 0 fully saturated rings. The van der Waals surface area contributed by atoms with E-state index < -0.39 is 0 Å². The van der Waals surface area contributed by atoms with Gasteiger partial charge in [0.2, 0.25) is 0 Å². The Balaban J connectivity index is 2.03. The molecule has 24 heavy (non-hydrogen) atoms. The average molecular weight is 320 g/mol. The third-order valence-electron chi connectivity index (χ3n) is 3.89. The number of hydrogen-bond donors (Lipinski definition) is 2. The molecule has 0 unspecified atom stereocenters. The summed E-state index contributed by atoms with van der Waals surface area (Å²) < 4.78 is 7.35. The minimum absolute atomic E-state index is 0.415. The van der Waals surface area contributed by atoms with Crippen LogP contribution in [0.3, 0.4) is 0 Å². The highest BCUT2D eigenvalue weighted by Gasteiger charge is 2.11. The molecule has 0 radical (unpaired) electrons. The lowest BCUT2D eigenvalue weighted by Crippen LogP contribution is -2.01. The minimum atomic E-state index is 0.415. The number of nitrogen functional groups attached to an aromatic ring is 2. The zero-order chi connectivity index (χ0) is 16.7. The number of aromatic nitrogens is 4. The third-order valence-corrected chi connectivity index (χ3v) is 3.89. The Hall–Kier alpha value is -3.35. The molecule has 0 aliphatic rings. The zero-order valence-electron chi connectivity index (χ0n) is 13.1. The number of anilines is 2. The van der Waals surface area contributed by atoms with Crippen LogP contribution in [0, 0.1) is 0 Å². The zero-order valence-corrected chi connectivity index (χ0v) is 13.1. The third kappa shape index (κ3) is 2.18. The number of fused-ring (bicyclic) bond motifs is 3. The SMILES string of the molecule is CCOc1cc2ncc3c(N)nc(-n4ccnc4)cc3c2cc1N. The van der Waals surface area contributed by atoms with Gasteiger partial charge in [-0.2, -0.15) is 0 Å². The number of nitrogens with two attached hydrogens (primary N) is 2. The molecule has 0 saturated heterocycles. The molecule has 3 heterocycles. The van der Waals surface area contributed by atoms with Gasteiger partial charge < -0.3 is 16.2 Å². The van der Waals surface area contributed by atoms with Gasteiger partial charge in [0.1, 0.15) is 23.7 Å². The molecule has 7 nitrogen and oxygen atoms in total. The highest BCUT2D eigenvalue weighted by atomic mass is 16.5. The van der Waals surface area contributed by atoms with Crippen molar-refractivity contribution in [3.63, 3.8) is 0 Å². The summed E-state index contributed by atoms with van der Waals surface area (Å²) in [6, 6.07) is 5.67. The Morgan fingerprint density at radius 1 is 1.12 bits per heavy atom. The maximum absolute atomic E-state index is 6.13. The first-order chi connectivity index (χ1) is 11.7. The number of nitrogens with zero attached hydrogens (tertiary/aromatic N) is 4. The molecule has 0 bridgehead atoms. The molecule has 4 N–H and O–H groups in total. The van der Waals surface area contributed by atoms with Gasteiger partial charge in [0, 0.05) is 40.8 Å².